The third-order valence-electron chi connectivity index (χ3n) is 3.38. The van der Waals surface area contributed by atoms with Gasteiger partial charge in [-0.15, -0.1) is 11.6 Å². The van der Waals surface area contributed by atoms with Crippen LogP contribution in [0.25, 0.3) is 0 Å². The minimum atomic E-state index is -0.235. The van der Waals surface area contributed by atoms with E-state index in [0.717, 1.165) is 25.7 Å². The summed E-state index contributed by atoms with van der Waals surface area (Å²) in [6, 6.07) is 6.97. The Kier molecular flexibility index (Phi) is 5.20. The van der Waals surface area contributed by atoms with E-state index in [1.165, 1.54) is 6.07 Å². The molecule has 104 valence electrons. The van der Waals surface area contributed by atoms with Gasteiger partial charge < -0.3 is 4.90 Å². The summed E-state index contributed by atoms with van der Waals surface area (Å²) < 4.78 is 13.6. The summed E-state index contributed by atoms with van der Waals surface area (Å²) in [4.78, 5) is 14.0. The molecule has 0 N–H and O–H groups in total. The fourth-order valence-corrected chi connectivity index (χ4v) is 2.32. The maximum Gasteiger partial charge on any atom is 0.223 e. The fourth-order valence-electron chi connectivity index (χ4n) is 2.13. The monoisotopic (exact) mass is 283 g/mol. The fraction of sp³-hybridized carbons (Fsp3) is 0.533. The summed E-state index contributed by atoms with van der Waals surface area (Å²) in [6.45, 7) is 0.386. The lowest BCUT2D eigenvalue weighted by Gasteiger charge is -2.23. The number of nitrogens with zero attached hydrogens (tertiary/aromatic N) is 1. The Labute approximate surface area is 118 Å². The van der Waals surface area contributed by atoms with Gasteiger partial charge in [-0.1, -0.05) is 18.2 Å². The number of amides is 1. The van der Waals surface area contributed by atoms with Gasteiger partial charge in [0.15, 0.2) is 0 Å². The van der Waals surface area contributed by atoms with Crippen LogP contribution < -0.4 is 0 Å². The third kappa shape index (κ3) is 4.20. The maximum absolute atomic E-state index is 13.6. The molecule has 1 aliphatic rings. The predicted molar refractivity (Wildman–Crippen MR) is 74.5 cm³/mol. The van der Waals surface area contributed by atoms with Crippen LogP contribution in [-0.2, 0) is 11.3 Å². The lowest BCUT2D eigenvalue weighted by Crippen LogP contribution is -2.32. The van der Waals surface area contributed by atoms with Crippen LogP contribution in [0.15, 0.2) is 24.3 Å². The first-order valence-corrected chi connectivity index (χ1v) is 7.34. The first-order valence-electron chi connectivity index (χ1n) is 6.81. The molecule has 0 aliphatic heterocycles. The summed E-state index contributed by atoms with van der Waals surface area (Å²) in [7, 11) is 0. The molecule has 1 aromatic rings. The van der Waals surface area contributed by atoms with Crippen molar-refractivity contribution < 1.29 is 9.18 Å². The highest BCUT2D eigenvalue weighted by Gasteiger charge is 2.32. The average Bonchev–Trinajstić information content (AvgIpc) is 3.22. The van der Waals surface area contributed by atoms with Gasteiger partial charge in [-0.3, -0.25) is 4.79 Å². The second-order valence-electron chi connectivity index (χ2n) is 4.99. The Bertz CT molecular complexity index is 434. The molecule has 0 heterocycles. The highest BCUT2D eigenvalue weighted by molar-refractivity contribution is 6.17. The number of carbonyl (C=O) groups excluding carboxylic acids is 1. The molecule has 0 spiro atoms. The van der Waals surface area contributed by atoms with Crippen LogP contribution in [-0.4, -0.2) is 22.7 Å². The van der Waals surface area contributed by atoms with E-state index in [4.69, 9.17) is 11.6 Å². The summed E-state index contributed by atoms with van der Waals surface area (Å²) in [5.41, 5.74) is 0.597. The van der Waals surface area contributed by atoms with Crippen molar-refractivity contribution in [1.29, 1.82) is 0 Å². The van der Waals surface area contributed by atoms with Gasteiger partial charge in [-0.2, -0.15) is 0 Å². The third-order valence-corrected chi connectivity index (χ3v) is 3.65. The molecule has 19 heavy (non-hydrogen) atoms. The number of rotatable bonds is 7. The standard InChI is InChI=1S/C15H19ClFNO/c16-10-4-3-7-15(19)18(13-8-9-13)11-12-5-1-2-6-14(12)17/h1-2,5-6,13H,3-4,7-11H2. The zero-order valence-corrected chi connectivity index (χ0v) is 11.7. The predicted octanol–water partition coefficient (Wildman–Crippen LogP) is 3.73. The Balaban J connectivity index is 1.96. The van der Waals surface area contributed by atoms with Crippen molar-refractivity contribution in [2.45, 2.75) is 44.7 Å². The Morgan fingerprint density at radius 2 is 2.05 bits per heavy atom. The second kappa shape index (κ2) is 6.90. The summed E-state index contributed by atoms with van der Waals surface area (Å²) >= 11 is 5.62. The van der Waals surface area contributed by atoms with Crippen LogP contribution >= 0.6 is 11.6 Å². The largest absolute Gasteiger partial charge is 0.335 e. The first-order chi connectivity index (χ1) is 9.22. The summed E-state index contributed by atoms with van der Waals surface area (Å²) in [5.74, 6) is 0.474. The Morgan fingerprint density at radius 1 is 1.32 bits per heavy atom. The number of alkyl halides is 1. The van der Waals surface area contributed by atoms with Crippen LogP contribution in [0.1, 0.15) is 37.7 Å². The van der Waals surface area contributed by atoms with E-state index in [-0.39, 0.29) is 11.7 Å². The van der Waals surface area contributed by atoms with Gasteiger partial charge in [0.2, 0.25) is 5.91 Å². The molecule has 0 atom stereocenters. The molecule has 2 nitrogen and oxygen atoms in total. The van der Waals surface area contributed by atoms with Crippen molar-refractivity contribution >= 4 is 17.5 Å². The number of halogens is 2. The highest BCUT2D eigenvalue weighted by Crippen LogP contribution is 2.29. The Morgan fingerprint density at radius 3 is 2.68 bits per heavy atom. The van der Waals surface area contributed by atoms with Crippen LogP contribution in [0.2, 0.25) is 0 Å². The lowest BCUT2D eigenvalue weighted by atomic mass is 10.1. The Hall–Kier alpha value is -1.09. The number of benzene rings is 1. The van der Waals surface area contributed by atoms with E-state index < -0.39 is 0 Å². The number of hydrogen-bond acceptors (Lipinski definition) is 1. The minimum absolute atomic E-state index is 0.121. The molecule has 1 aliphatic carbocycles. The van der Waals surface area contributed by atoms with Gasteiger partial charge >= 0.3 is 0 Å². The molecule has 4 heteroatoms. The second-order valence-corrected chi connectivity index (χ2v) is 5.37. The zero-order chi connectivity index (χ0) is 13.7. The molecule has 1 fully saturated rings. The highest BCUT2D eigenvalue weighted by atomic mass is 35.5. The van der Waals surface area contributed by atoms with Crippen molar-refractivity contribution in [2.75, 3.05) is 5.88 Å². The van der Waals surface area contributed by atoms with Gasteiger partial charge in [0, 0.05) is 30.5 Å². The molecule has 0 unspecified atom stereocenters. The van der Waals surface area contributed by atoms with Gasteiger partial charge in [0.1, 0.15) is 5.82 Å². The molecule has 0 saturated heterocycles. The van der Waals surface area contributed by atoms with Crippen molar-refractivity contribution in [3.8, 4) is 0 Å². The summed E-state index contributed by atoms with van der Waals surface area (Å²) in [6.07, 6.45) is 4.25. The van der Waals surface area contributed by atoms with Gasteiger partial charge in [0.25, 0.3) is 0 Å². The van der Waals surface area contributed by atoms with Crippen molar-refractivity contribution in [3.63, 3.8) is 0 Å². The molecule has 1 amide bonds. The molecular formula is C15H19ClFNO. The van der Waals surface area contributed by atoms with Gasteiger partial charge in [-0.05, 0) is 31.7 Å². The van der Waals surface area contributed by atoms with E-state index in [2.05, 4.69) is 0 Å². The van der Waals surface area contributed by atoms with Gasteiger partial charge in [0.05, 0.1) is 0 Å². The quantitative estimate of drug-likeness (QED) is 0.552. The zero-order valence-electron chi connectivity index (χ0n) is 10.9. The smallest absolute Gasteiger partial charge is 0.223 e. The molecule has 1 saturated carbocycles. The van der Waals surface area contributed by atoms with Gasteiger partial charge in [-0.25, -0.2) is 4.39 Å². The van der Waals surface area contributed by atoms with Crippen molar-refractivity contribution in [3.05, 3.63) is 35.6 Å². The molecule has 1 aromatic carbocycles. The van der Waals surface area contributed by atoms with Crippen LogP contribution in [0.5, 0.6) is 0 Å². The van der Waals surface area contributed by atoms with E-state index >= 15 is 0 Å². The lowest BCUT2D eigenvalue weighted by molar-refractivity contribution is -0.132. The SMILES string of the molecule is O=C(CCCCCl)N(Cc1ccccc1F)C1CC1. The topological polar surface area (TPSA) is 20.3 Å². The molecular weight excluding hydrogens is 265 g/mol. The van der Waals surface area contributed by atoms with Crippen LogP contribution in [0.4, 0.5) is 4.39 Å². The normalized spacial score (nSPS) is 14.4. The van der Waals surface area contributed by atoms with E-state index in [1.54, 1.807) is 12.1 Å². The number of unbranched alkanes of at least 4 members (excludes halogenated alkanes) is 1. The number of hydrogen-bond donors (Lipinski definition) is 0. The molecule has 0 radical (unpaired) electrons. The van der Waals surface area contributed by atoms with E-state index in [0.29, 0.717) is 30.5 Å². The minimum Gasteiger partial charge on any atom is -0.335 e. The van der Waals surface area contributed by atoms with Crippen molar-refractivity contribution in [1.82, 2.24) is 4.90 Å². The first kappa shape index (κ1) is 14.3. The van der Waals surface area contributed by atoms with Crippen molar-refractivity contribution in [2.24, 2.45) is 0 Å². The molecule has 0 aromatic heterocycles. The van der Waals surface area contributed by atoms with Crippen LogP contribution in [0, 0.1) is 5.82 Å². The van der Waals surface area contributed by atoms with E-state index in [9.17, 15) is 9.18 Å². The van der Waals surface area contributed by atoms with Crippen LogP contribution in [0.3, 0.4) is 0 Å². The number of carbonyl (C=O) groups is 1. The van der Waals surface area contributed by atoms with E-state index in [1.807, 2.05) is 11.0 Å². The molecule has 2 rings (SSSR count). The molecule has 0 bridgehead atoms. The maximum atomic E-state index is 13.6. The summed E-state index contributed by atoms with van der Waals surface area (Å²) in [5, 5.41) is 0. The average molecular weight is 284 g/mol.